The van der Waals surface area contributed by atoms with Crippen LogP contribution in [0.15, 0.2) is 41.2 Å². The Hall–Kier alpha value is -1.87. The molecule has 1 heterocycles. The van der Waals surface area contributed by atoms with Crippen LogP contribution in [0.4, 0.5) is 0 Å². The van der Waals surface area contributed by atoms with Crippen LogP contribution in [0.2, 0.25) is 0 Å². The maximum atomic E-state index is 12.3. The molecule has 110 valence electrons. The first-order valence-electron chi connectivity index (χ1n) is 6.99. The molecule has 0 saturated heterocycles. The highest BCUT2D eigenvalue weighted by Crippen LogP contribution is 2.22. The number of nitrogens with zero attached hydrogens (tertiary/aromatic N) is 1. The summed E-state index contributed by atoms with van der Waals surface area (Å²) in [5.41, 5.74) is 2.66. The van der Waals surface area contributed by atoms with Gasteiger partial charge in [0.1, 0.15) is 0 Å². The lowest BCUT2D eigenvalue weighted by atomic mass is 10.0. The molecule has 21 heavy (non-hydrogen) atoms. The van der Waals surface area contributed by atoms with Gasteiger partial charge in [0.15, 0.2) is 0 Å². The van der Waals surface area contributed by atoms with Gasteiger partial charge in [-0.2, -0.15) is 0 Å². The van der Waals surface area contributed by atoms with E-state index in [0.29, 0.717) is 12.5 Å². The summed E-state index contributed by atoms with van der Waals surface area (Å²) in [6.07, 6.45) is 0. The smallest absolute Gasteiger partial charge is 0.263 e. The quantitative estimate of drug-likeness (QED) is 0.800. The zero-order chi connectivity index (χ0) is 15.6. The van der Waals surface area contributed by atoms with Gasteiger partial charge in [0.25, 0.3) is 10.8 Å². The van der Waals surface area contributed by atoms with Crippen LogP contribution in [0.1, 0.15) is 42.6 Å². The van der Waals surface area contributed by atoms with E-state index in [2.05, 4.69) is 26.0 Å². The highest BCUT2D eigenvalue weighted by atomic mass is 35.5. The fourth-order valence-corrected chi connectivity index (χ4v) is 2.48. The fourth-order valence-electron chi connectivity index (χ4n) is 2.33. The van der Waals surface area contributed by atoms with Crippen molar-refractivity contribution in [3.05, 3.63) is 57.9 Å². The van der Waals surface area contributed by atoms with Gasteiger partial charge in [-0.15, -0.1) is 0 Å². The Kier molecular flexibility index (Phi) is 4.63. The molecular weight excluding hydrogens is 286 g/mol. The molecule has 0 unspecified atom stereocenters. The number of hydrogen-bond donors (Lipinski definition) is 0. The average Bonchev–Trinajstić information content (AvgIpc) is 2.46. The number of carbonyl (C=O) groups is 1. The molecular formula is C17H18ClNO2. The van der Waals surface area contributed by atoms with E-state index < -0.39 is 5.24 Å². The third kappa shape index (κ3) is 3.08. The lowest BCUT2D eigenvalue weighted by Crippen LogP contribution is -2.25. The summed E-state index contributed by atoms with van der Waals surface area (Å²) in [6, 6.07) is 11.4. The maximum Gasteiger partial charge on any atom is 0.263 e. The minimum Gasteiger partial charge on any atom is -0.308 e. The van der Waals surface area contributed by atoms with Crippen LogP contribution in [0.25, 0.3) is 11.3 Å². The van der Waals surface area contributed by atoms with Gasteiger partial charge < -0.3 is 4.57 Å². The highest BCUT2D eigenvalue weighted by molar-refractivity contribution is 6.67. The second kappa shape index (κ2) is 6.27. The minimum atomic E-state index is -0.719. The molecule has 0 aliphatic heterocycles. The van der Waals surface area contributed by atoms with Gasteiger partial charge in [0.2, 0.25) is 0 Å². The lowest BCUT2D eigenvalue weighted by Gasteiger charge is -2.13. The number of pyridine rings is 1. The molecule has 4 heteroatoms. The van der Waals surface area contributed by atoms with Crippen LogP contribution in [-0.4, -0.2) is 9.81 Å². The number of benzene rings is 1. The topological polar surface area (TPSA) is 39.1 Å². The first kappa shape index (κ1) is 15.5. The first-order chi connectivity index (χ1) is 9.95. The van der Waals surface area contributed by atoms with Gasteiger partial charge in [0.05, 0.1) is 11.3 Å². The Morgan fingerprint density at radius 2 is 1.76 bits per heavy atom. The molecule has 0 bridgehead atoms. The lowest BCUT2D eigenvalue weighted by molar-refractivity contribution is 0.107. The third-order valence-electron chi connectivity index (χ3n) is 3.58. The molecule has 2 aromatic rings. The normalized spacial score (nSPS) is 10.9. The van der Waals surface area contributed by atoms with Gasteiger partial charge >= 0.3 is 0 Å². The number of aromatic nitrogens is 1. The number of hydrogen-bond acceptors (Lipinski definition) is 2. The van der Waals surface area contributed by atoms with Crippen LogP contribution in [0, 0.1) is 0 Å². The maximum absolute atomic E-state index is 12.3. The molecule has 0 saturated carbocycles. The molecule has 0 N–H and O–H groups in total. The van der Waals surface area contributed by atoms with Gasteiger partial charge in [-0.25, -0.2) is 0 Å². The van der Waals surface area contributed by atoms with Crippen LogP contribution in [0.3, 0.4) is 0 Å². The van der Waals surface area contributed by atoms with Crippen LogP contribution in [-0.2, 0) is 6.54 Å². The molecule has 2 rings (SSSR count). The van der Waals surface area contributed by atoms with E-state index >= 15 is 0 Å². The summed E-state index contributed by atoms with van der Waals surface area (Å²) in [7, 11) is 0. The van der Waals surface area contributed by atoms with Crippen molar-refractivity contribution >= 4 is 16.8 Å². The summed E-state index contributed by atoms with van der Waals surface area (Å²) in [5.74, 6) is 0.462. The number of carbonyl (C=O) groups excluding carboxylic acids is 1. The van der Waals surface area contributed by atoms with Crippen molar-refractivity contribution in [2.75, 3.05) is 0 Å². The van der Waals surface area contributed by atoms with Crippen molar-refractivity contribution in [1.82, 2.24) is 4.57 Å². The average molecular weight is 304 g/mol. The Bertz CT molecular complexity index is 715. The molecule has 3 nitrogen and oxygen atoms in total. The summed E-state index contributed by atoms with van der Waals surface area (Å²) >= 11 is 5.44. The van der Waals surface area contributed by atoms with Crippen molar-refractivity contribution in [2.45, 2.75) is 33.2 Å². The molecule has 0 fully saturated rings. The monoisotopic (exact) mass is 303 g/mol. The van der Waals surface area contributed by atoms with Gasteiger partial charge in [-0.05, 0) is 47.7 Å². The van der Waals surface area contributed by atoms with Crippen LogP contribution in [0.5, 0.6) is 0 Å². The van der Waals surface area contributed by atoms with Crippen molar-refractivity contribution in [2.24, 2.45) is 0 Å². The van der Waals surface area contributed by atoms with E-state index in [1.54, 1.807) is 10.6 Å². The first-order valence-corrected chi connectivity index (χ1v) is 7.37. The summed E-state index contributed by atoms with van der Waals surface area (Å²) in [6.45, 7) is 6.63. The second-order valence-corrected chi connectivity index (χ2v) is 5.58. The molecule has 0 atom stereocenters. The molecule has 0 spiro atoms. The van der Waals surface area contributed by atoms with E-state index in [1.165, 1.54) is 11.6 Å². The number of rotatable bonds is 4. The third-order valence-corrected chi connectivity index (χ3v) is 3.78. The predicted molar refractivity (Wildman–Crippen MR) is 86.1 cm³/mol. The van der Waals surface area contributed by atoms with Crippen molar-refractivity contribution in [1.29, 1.82) is 0 Å². The molecule has 1 aromatic carbocycles. The SMILES string of the molecule is CCn1c(-c2ccc(C(C)C)cc2)ccc(C(=O)Cl)c1=O. The second-order valence-electron chi connectivity index (χ2n) is 5.23. The van der Waals surface area contributed by atoms with E-state index in [1.807, 2.05) is 19.1 Å². The fraction of sp³-hybridized carbons (Fsp3) is 0.294. The zero-order valence-electron chi connectivity index (χ0n) is 12.4. The van der Waals surface area contributed by atoms with Gasteiger partial charge in [-0.3, -0.25) is 9.59 Å². The summed E-state index contributed by atoms with van der Waals surface area (Å²) in [5, 5.41) is -0.719. The molecule has 0 aliphatic carbocycles. The summed E-state index contributed by atoms with van der Waals surface area (Å²) in [4.78, 5) is 23.5. The van der Waals surface area contributed by atoms with E-state index in [0.717, 1.165) is 11.3 Å². The van der Waals surface area contributed by atoms with E-state index in [-0.39, 0.29) is 11.1 Å². The van der Waals surface area contributed by atoms with Crippen molar-refractivity contribution in [3.63, 3.8) is 0 Å². The molecule has 0 amide bonds. The molecule has 0 radical (unpaired) electrons. The largest absolute Gasteiger partial charge is 0.308 e. The zero-order valence-corrected chi connectivity index (χ0v) is 13.1. The van der Waals surface area contributed by atoms with E-state index in [9.17, 15) is 9.59 Å². The molecule has 0 aliphatic rings. The summed E-state index contributed by atoms with van der Waals surface area (Å²) < 4.78 is 1.57. The van der Waals surface area contributed by atoms with Gasteiger partial charge in [0, 0.05) is 6.54 Å². The van der Waals surface area contributed by atoms with Crippen LogP contribution >= 0.6 is 11.6 Å². The standard InChI is InChI=1S/C17H18ClNO2/c1-4-19-15(10-9-14(16(18)20)17(19)21)13-7-5-12(6-8-13)11(2)3/h5-11H,4H2,1-3H3. The van der Waals surface area contributed by atoms with Crippen molar-refractivity contribution in [3.8, 4) is 11.3 Å². The Balaban J connectivity index is 2.56. The van der Waals surface area contributed by atoms with E-state index in [4.69, 9.17) is 11.6 Å². The number of halogens is 1. The van der Waals surface area contributed by atoms with Gasteiger partial charge in [-0.1, -0.05) is 38.1 Å². The predicted octanol–water partition coefficient (Wildman–Crippen LogP) is 4.04. The molecule has 1 aromatic heterocycles. The Morgan fingerprint density at radius 1 is 1.14 bits per heavy atom. The van der Waals surface area contributed by atoms with Crippen molar-refractivity contribution < 1.29 is 4.79 Å². The Labute approximate surface area is 129 Å². The minimum absolute atomic E-state index is 0.0149. The highest BCUT2D eigenvalue weighted by Gasteiger charge is 2.13. The van der Waals surface area contributed by atoms with Crippen LogP contribution < -0.4 is 5.56 Å². The Morgan fingerprint density at radius 3 is 2.24 bits per heavy atom.